The molecule has 1 atom stereocenters. The maximum Gasteiger partial charge on any atom is 0.442 e. The molecule has 1 aromatic carbocycles. The Morgan fingerprint density at radius 1 is 1.33 bits per heavy atom. The van der Waals surface area contributed by atoms with Crippen molar-refractivity contribution in [2.45, 2.75) is 31.8 Å². The molecule has 1 fully saturated rings. The molecule has 1 saturated carbocycles. The van der Waals surface area contributed by atoms with Gasteiger partial charge in [0.25, 0.3) is 0 Å². The molecule has 0 unspecified atom stereocenters. The standard InChI is InChI=1S/C20H19FN6O3/c1-11(14-9-12(21)3-6-16(14)29-2)23-17-7-8-26-18(24-17)15(10-22-26)19-25-30-20(28)27(19)13-4-5-13/h3,6-11,13H,4-5H2,1-2H3,(H,23,24)/t11-/m1/s1. The van der Waals surface area contributed by atoms with Crippen LogP contribution in [0.3, 0.4) is 0 Å². The lowest BCUT2D eigenvalue weighted by molar-refractivity contribution is 0.376. The molecular weight excluding hydrogens is 391 g/mol. The van der Waals surface area contributed by atoms with Crippen LogP contribution in [-0.2, 0) is 0 Å². The maximum absolute atomic E-state index is 13.7. The Hall–Kier alpha value is -3.69. The van der Waals surface area contributed by atoms with Crippen LogP contribution in [0.5, 0.6) is 5.75 Å². The van der Waals surface area contributed by atoms with E-state index < -0.39 is 5.76 Å². The summed E-state index contributed by atoms with van der Waals surface area (Å²) in [5.74, 6) is 0.741. The van der Waals surface area contributed by atoms with Gasteiger partial charge in [-0.1, -0.05) is 5.16 Å². The number of fused-ring (bicyclic) bond motifs is 1. The number of benzene rings is 1. The summed E-state index contributed by atoms with van der Waals surface area (Å²) in [6.07, 6.45) is 5.20. The molecule has 1 aliphatic rings. The monoisotopic (exact) mass is 410 g/mol. The third kappa shape index (κ3) is 3.10. The Balaban J connectivity index is 1.51. The van der Waals surface area contributed by atoms with E-state index in [1.165, 1.54) is 12.1 Å². The highest BCUT2D eigenvalue weighted by atomic mass is 19.1. The summed E-state index contributed by atoms with van der Waals surface area (Å²) >= 11 is 0. The third-order valence-electron chi connectivity index (χ3n) is 5.18. The van der Waals surface area contributed by atoms with Crippen molar-refractivity contribution in [2.24, 2.45) is 0 Å². The van der Waals surface area contributed by atoms with E-state index in [0.717, 1.165) is 12.8 Å². The number of hydrogen-bond acceptors (Lipinski definition) is 7. The van der Waals surface area contributed by atoms with Crippen LogP contribution in [0, 0.1) is 5.82 Å². The summed E-state index contributed by atoms with van der Waals surface area (Å²) in [6.45, 7) is 1.89. The molecule has 0 radical (unpaired) electrons. The van der Waals surface area contributed by atoms with Crippen LogP contribution in [0.25, 0.3) is 17.0 Å². The largest absolute Gasteiger partial charge is 0.496 e. The summed E-state index contributed by atoms with van der Waals surface area (Å²) in [7, 11) is 1.55. The molecule has 10 heteroatoms. The van der Waals surface area contributed by atoms with Gasteiger partial charge in [-0.05, 0) is 44.0 Å². The van der Waals surface area contributed by atoms with Gasteiger partial charge in [-0.3, -0.25) is 9.09 Å². The van der Waals surface area contributed by atoms with Crippen LogP contribution in [0.1, 0.15) is 37.4 Å². The maximum atomic E-state index is 13.7. The van der Waals surface area contributed by atoms with Gasteiger partial charge in [-0.25, -0.2) is 18.7 Å². The van der Waals surface area contributed by atoms with Gasteiger partial charge in [0.2, 0.25) is 0 Å². The first-order chi connectivity index (χ1) is 14.5. The molecule has 1 aliphatic carbocycles. The van der Waals surface area contributed by atoms with Crippen LogP contribution < -0.4 is 15.8 Å². The number of ether oxygens (including phenoxy) is 1. The van der Waals surface area contributed by atoms with E-state index >= 15 is 0 Å². The molecule has 1 N–H and O–H groups in total. The number of anilines is 1. The molecule has 4 aromatic rings. The minimum atomic E-state index is -0.479. The molecule has 0 amide bonds. The van der Waals surface area contributed by atoms with Crippen molar-refractivity contribution in [2.75, 3.05) is 12.4 Å². The van der Waals surface area contributed by atoms with E-state index in [0.29, 0.717) is 34.2 Å². The van der Waals surface area contributed by atoms with Crippen molar-refractivity contribution in [3.8, 4) is 17.1 Å². The predicted octanol–water partition coefficient (Wildman–Crippen LogP) is 3.20. The molecule has 3 heterocycles. The average molecular weight is 410 g/mol. The van der Waals surface area contributed by atoms with E-state index in [9.17, 15) is 9.18 Å². The minimum absolute atomic E-state index is 0.107. The van der Waals surface area contributed by atoms with Crippen molar-refractivity contribution >= 4 is 11.5 Å². The van der Waals surface area contributed by atoms with Gasteiger partial charge in [-0.2, -0.15) is 5.10 Å². The van der Waals surface area contributed by atoms with Gasteiger partial charge >= 0.3 is 5.76 Å². The van der Waals surface area contributed by atoms with Gasteiger partial charge in [0, 0.05) is 17.8 Å². The summed E-state index contributed by atoms with van der Waals surface area (Å²) in [6, 6.07) is 5.99. The first-order valence-corrected chi connectivity index (χ1v) is 9.58. The zero-order valence-electron chi connectivity index (χ0n) is 16.4. The van der Waals surface area contributed by atoms with Crippen molar-refractivity contribution in [3.05, 3.63) is 58.6 Å². The molecule has 0 saturated heterocycles. The molecule has 9 nitrogen and oxygen atoms in total. The summed E-state index contributed by atoms with van der Waals surface area (Å²) in [4.78, 5) is 16.7. The zero-order valence-corrected chi connectivity index (χ0v) is 16.4. The first kappa shape index (κ1) is 18.3. The molecule has 0 spiro atoms. The van der Waals surface area contributed by atoms with Crippen LogP contribution in [0.4, 0.5) is 10.2 Å². The van der Waals surface area contributed by atoms with Gasteiger partial charge in [0.15, 0.2) is 11.5 Å². The molecule has 154 valence electrons. The number of nitrogens with one attached hydrogen (secondary N) is 1. The topological polar surface area (TPSA) is 99.5 Å². The highest BCUT2D eigenvalue weighted by Gasteiger charge is 2.31. The van der Waals surface area contributed by atoms with Gasteiger partial charge in [-0.15, -0.1) is 0 Å². The quantitative estimate of drug-likeness (QED) is 0.521. The fourth-order valence-corrected chi connectivity index (χ4v) is 3.54. The molecule has 5 rings (SSSR count). The number of methoxy groups -OCH3 is 1. The van der Waals surface area contributed by atoms with Crippen molar-refractivity contribution < 1.29 is 13.7 Å². The average Bonchev–Trinajstić information content (AvgIpc) is 3.38. The molecule has 30 heavy (non-hydrogen) atoms. The smallest absolute Gasteiger partial charge is 0.442 e. The van der Waals surface area contributed by atoms with E-state index in [1.54, 1.807) is 40.7 Å². The Morgan fingerprint density at radius 3 is 2.93 bits per heavy atom. The lowest BCUT2D eigenvalue weighted by Crippen LogP contribution is -2.14. The second kappa shape index (κ2) is 6.97. The first-order valence-electron chi connectivity index (χ1n) is 9.58. The van der Waals surface area contributed by atoms with E-state index in [-0.39, 0.29) is 17.9 Å². The van der Waals surface area contributed by atoms with Gasteiger partial charge in [0.1, 0.15) is 17.4 Å². The van der Waals surface area contributed by atoms with Crippen molar-refractivity contribution in [1.29, 1.82) is 0 Å². The normalized spacial score (nSPS) is 14.8. The Kier molecular flexibility index (Phi) is 4.27. The van der Waals surface area contributed by atoms with Gasteiger partial charge in [0.05, 0.1) is 24.9 Å². The number of hydrogen-bond donors (Lipinski definition) is 1. The van der Waals surface area contributed by atoms with Crippen LogP contribution >= 0.6 is 0 Å². The zero-order chi connectivity index (χ0) is 20.8. The molecule has 0 aliphatic heterocycles. The van der Waals surface area contributed by atoms with Crippen molar-refractivity contribution in [3.63, 3.8) is 0 Å². The molecule has 0 bridgehead atoms. The lowest BCUT2D eigenvalue weighted by Gasteiger charge is -2.18. The second-order valence-corrected chi connectivity index (χ2v) is 7.26. The van der Waals surface area contributed by atoms with E-state index in [4.69, 9.17) is 9.26 Å². The Morgan fingerprint density at radius 2 is 2.17 bits per heavy atom. The van der Waals surface area contributed by atoms with Crippen LogP contribution in [0.2, 0.25) is 0 Å². The lowest BCUT2D eigenvalue weighted by atomic mass is 10.1. The predicted molar refractivity (Wildman–Crippen MR) is 106 cm³/mol. The number of nitrogens with zero attached hydrogens (tertiary/aromatic N) is 5. The fourth-order valence-electron chi connectivity index (χ4n) is 3.54. The van der Waals surface area contributed by atoms with Gasteiger partial charge < -0.3 is 10.1 Å². The van der Waals surface area contributed by atoms with Crippen LogP contribution in [-0.4, -0.2) is 31.4 Å². The number of halogens is 1. The SMILES string of the molecule is COc1ccc(F)cc1[C@@H](C)Nc1ccn2ncc(-c3noc(=O)n3C3CC3)c2n1. The Bertz CT molecular complexity index is 1290. The second-order valence-electron chi connectivity index (χ2n) is 7.26. The van der Waals surface area contributed by atoms with Crippen molar-refractivity contribution in [1.82, 2.24) is 24.3 Å². The molecule has 3 aromatic heterocycles. The number of rotatable bonds is 6. The summed E-state index contributed by atoms with van der Waals surface area (Å²) in [5, 5.41) is 11.5. The van der Waals surface area contributed by atoms with Crippen LogP contribution in [0.15, 0.2) is 46.0 Å². The summed E-state index contributed by atoms with van der Waals surface area (Å²) < 4.78 is 27.1. The fraction of sp³-hybridized carbons (Fsp3) is 0.300. The highest BCUT2D eigenvalue weighted by Crippen LogP contribution is 2.37. The minimum Gasteiger partial charge on any atom is -0.496 e. The van der Waals surface area contributed by atoms with E-state index in [2.05, 4.69) is 20.6 Å². The third-order valence-corrected chi connectivity index (χ3v) is 5.18. The summed E-state index contributed by atoms with van der Waals surface area (Å²) in [5.41, 5.74) is 1.81. The van der Waals surface area contributed by atoms with E-state index in [1.807, 2.05) is 6.92 Å². The number of aromatic nitrogens is 5. The molecular formula is C20H19FN6O3. The highest BCUT2D eigenvalue weighted by molar-refractivity contribution is 5.73. The Labute approximate surface area is 170 Å².